The third-order valence-corrected chi connectivity index (χ3v) is 5.43. The molecule has 1 aliphatic rings. The number of amides is 2. The summed E-state index contributed by atoms with van der Waals surface area (Å²) in [5.74, 6) is 0.323. The maximum Gasteiger partial charge on any atom is 0.223 e. The minimum atomic E-state index is -0.412. The van der Waals surface area contributed by atoms with Gasteiger partial charge in [0.15, 0.2) is 11.6 Å². The van der Waals surface area contributed by atoms with Gasteiger partial charge in [0.1, 0.15) is 0 Å². The van der Waals surface area contributed by atoms with Crippen molar-refractivity contribution in [2.75, 3.05) is 20.2 Å². The summed E-state index contributed by atoms with van der Waals surface area (Å²) in [6.07, 6.45) is 2.22. The minimum absolute atomic E-state index is 0.0223. The summed E-state index contributed by atoms with van der Waals surface area (Å²) < 4.78 is 18.6. The summed E-state index contributed by atoms with van der Waals surface area (Å²) in [5.41, 5.74) is 0.776. The predicted molar refractivity (Wildman–Crippen MR) is 103 cm³/mol. The molecule has 0 saturated carbocycles. The van der Waals surface area contributed by atoms with E-state index in [9.17, 15) is 14.0 Å². The Morgan fingerprint density at radius 1 is 1.26 bits per heavy atom. The van der Waals surface area contributed by atoms with Crippen molar-refractivity contribution in [3.05, 3.63) is 29.6 Å². The van der Waals surface area contributed by atoms with Gasteiger partial charge in [-0.05, 0) is 49.8 Å². The van der Waals surface area contributed by atoms with Crippen LogP contribution in [0.1, 0.15) is 45.6 Å². The summed E-state index contributed by atoms with van der Waals surface area (Å²) in [4.78, 5) is 26.6. The molecule has 150 valence electrons. The number of nitrogens with one attached hydrogen (secondary N) is 1. The van der Waals surface area contributed by atoms with Gasteiger partial charge in [-0.3, -0.25) is 9.59 Å². The largest absolute Gasteiger partial charge is 0.494 e. The first-order valence-corrected chi connectivity index (χ1v) is 9.72. The minimum Gasteiger partial charge on any atom is -0.494 e. The van der Waals surface area contributed by atoms with Crippen molar-refractivity contribution in [1.29, 1.82) is 0 Å². The van der Waals surface area contributed by atoms with Gasteiger partial charge in [-0.2, -0.15) is 0 Å². The van der Waals surface area contributed by atoms with Crippen LogP contribution in [-0.4, -0.2) is 43.0 Å². The number of hydrogen-bond donors (Lipinski definition) is 1. The molecule has 1 atom stereocenters. The first-order valence-electron chi connectivity index (χ1n) is 9.72. The van der Waals surface area contributed by atoms with Crippen LogP contribution in [0.5, 0.6) is 5.75 Å². The van der Waals surface area contributed by atoms with E-state index < -0.39 is 5.82 Å². The molecule has 2 rings (SSSR count). The Labute approximate surface area is 161 Å². The Balaban J connectivity index is 1.78. The van der Waals surface area contributed by atoms with Crippen LogP contribution in [0.15, 0.2) is 18.2 Å². The lowest BCUT2D eigenvalue weighted by molar-refractivity contribution is -0.135. The van der Waals surface area contributed by atoms with Gasteiger partial charge < -0.3 is 15.0 Å². The van der Waals surface area contributed by atoms with E-state index in [4.69, 9.17) is 4.74 Å². The number of carbonyl (C=O) groups excluding carboxylic acids is 2. The van der Waals surface area contributed by atoms with Crippen LogP contribution in [0, 0.1) is 17.7 Å². The van der Waals surface area contributed by atoms with Gasteiger partial charge in [0, 0.05) is 31.5 Å². The number of piperidine rings is 1. The number of rotatable bonds is 7. The first kappa shape index (κ1) is 21.2. The van der Waals surface area contributed by atoms with Crippen LogP contribution >= 0.6 is 0 Å². The second-order valence-electron chi connectivity index (χ2n) is 7.67. The number of benzene rings is 1. The highest BCUT2D eigenvalue weighted by atomic mass is 19.1. The fourth-order valence-corrected chi connectivity index (χ4v) is 3.17. The van der Waals surface area contributed by atoms with Gasteiger partial charge in [0.25, 0.3) is 0 Å². The zero-order valence-corrected chi connectivity index (χ0v) is 16.8. The standard InChI is InChI=1S/C21H31FN2O3/c1-14(2)15(3)23-21(26)17-9-11-24(12-10-17)20(25)8-6-16-5-7-19(27-4)18(22)13-16/h5,7,13-15,17H,6,8-12H2,1-4H3,(H,23,26). The Hall–Kier alpha value is -2.11. The molecule has 0 aliphatic carbocycles. The molecule has 1 saturated heterocycles. The molecule has 1 N–H and O–H groups in total. The Morgan fingerprint density at radius 2 is 1.93 bits per heavy atom. The van der Waals surface area contributed by atoms with Crippen molar-refractivity contribution < 1.29 is 18.7 Å². The summed E-state index contributed by atoms with van der Waals surface area (Å²) in [6.45, 7) is 7.39. The zero-order valence-electron chi connectivity index (χ0n) is 16.8. The van der Waals surface area contributed by atoms with Crippen molar-refractivity contribution in [2.24, 2.45) is 11.8 Å². The predicted octanol–water partition coefficient (Wildman–Crippen LogP) is 3.17. The van der Waals surface area contributed by atoms with E-state index in [1.807, 2.05) is 11.8 Å². The lowest BCUT2D eigenvalue weighted by Crippen LogP contribution is -2.45. The monoisotopic (exact) mass is 378 g/mol. The number of carbonyl (C=O) groups is 2. The molecule has 0 bridgehead atoms. The van der Waals surface area contributed by atoms with E-state index in [0.717, 1.165) is 5.56 Å². The topological polar surface area (TPSA) is 58.6 Å². The number of aryl methyl sites for hydroxylation is 1. The Kier molecular flexibility index (Phi) is 7.63. The molecular formula is C21H31FN2O3. The van der Waals surface area contributed by atoms with E-state index in [-0.39, 0.29) is 29.5 Å². The number of methoxy groups -OCH3 is 1. The quantitative estimate of drug-likeness (QED) is 0.793. The maximum atomic E-state index is 13.7. The van der Waals surface area contributed by atoms with Gasteiger partial charge in [0.05, 0.1) is 7.11 Å². The van der Waals surface area contributed by atoms with Crippen molar-refractivity contribution in [3.8, 4) is 5.75 Å². The highest BCUT2D eigenvalue weighted by Crippen LogP contribution is 2.21. The summed E-state index contributed by atoms with van der Waals surface area (Å²) in [5, 5.41) is 3.07. The molecular weight excluding hydrogens is 347 g/mol. The Morgan fingerprint density at radius 3 is 2.48 bits per heavy atom. The van der Waals surface area contributed by atoms with E-state index in [1.54, 1.807) is 12.1 Å². The van der Waals surface area contributed by atoms with Crippen molar-refractivity contribution in [1.82, 2.24) is 10.2 Å². The highest BCUT2D eigenvalue weighted by molar-refractivity contribution is 5.80. The van der Waals surface area contributed by atoms with E-state index in [0.29, 0.717) is 44.7 Å². The van der Waals surface area contributed by atoms with Crippen LogP contribution in [0.2, 0.25) is 0 Å². The van der Waals surface area contributed by atoms with Crippen LogP contribution in [-0.2, 0) is 16.0 Å². The molecule has 2 amide bonds. The molecule has 1 aromatic carbocycles. The number of nitrogens with zero attached hydrogens (tertiary/aromatic N) is 1. The number of hydrogen-bond acceptors (Lipinski definition) is 3. The zero-order chi connectivity index (χ0) is 20.0. The molecule has 27 heavy (non-hydrogen) atoms. The Bertz CT molecular complexity index is 655. The summed E-state index contributed by atoms with van der Waals surface area (Å²) in [6, 6.07) is 4.93. The average molecular weight is 378 g/mol. The molecule has 1 unspecified atom stereocenters. The molecule has 0 spiro atoms. The van der Waals surface area contributed by atoms with Gasteiger partial charge >= 0.3 is 0 Å². The molecule has 0 radical (unpaired) electrons. The number of ether oxygens (including phenoxy) is 1. The summed E-state index contributed by atoms with van der Waals surface area (Å²) in [7, 11) is 1.43. The molecule has 1 fully saturated rings. The van der Waals surface area contributed by atoms with Crippen LogP contribution < -0.4 is 10.1 Å². The molecule has 6 heteroatoms. The van der Waals surface area contributed by atoms with Gasteiger partial charge in [-0.25, -0.2) is 4.39 Å². The van der Waals surface area contributed by atoms with Gasteiger partial charge in [-0.1, -0.05) is 19.9 Å². The third-order valence-electron chi connectivity index (χ3n) is 5.43. The van der Waals surface area contributed by atoms with E-state index >= 15 is 0 Å². The number of halogens is 1. The van der Waals surface area contributed by atoms with Gasteiger partial charge in [0.2, 0.25) is 11.8 Å². The van der Waals surface area contributed by atoms with Gasteiger partial charge in [-0.15, -0.1) is 0 Å². The highest BCUT2D eigenvalue weighted by Gasteiger charge is 2.28. The van der Waals surface area contributed by atoms with Crippen LogP contribution in [0.3, 0.4) is 0 Å². The van der Waals surface area contributed by atoms with E-state index in [1.165, 1.54) is 13.2 Å². The lowest BCUT2D eigenvalue weighted by Gasteiger charge is -2.32. The second kappa shape index (κ2) is 9.72. The molecule has 5 nitrogen and oxygen atoms in total. The maximum absolute atomic E-state index is 13.7. The summed E-state index contributed by atoms with van der Waals surface area (Å²) >= 11 is 0. The molecule has 0 aromatic heterocycles. The molecule has 1 aliphatic heterocycles. The first-order chi connectivity index (χ1) is 12.8. The molecule has 1 aromatic rings. The molecule has 1 heterocycles. The smallest absolute Gasteiger partial charge is 0.223 e. The number of likely N-dealkylation sites (tertiary alicyclic amines) is 1. The van der Waals surface area contributed by atoms with E-state index in [2.05, 4.69) is 19.2 Å². The lowest BCUT2D eigenvalue weighted by atomic mass is 9.94. The second-order valence-corrected chi connectivity index (χ2v) is 7.67. The van der Waals surface area contributed by atoms with Crippen molar-refractivity contribution >= 4 is 11.8 Å². The average Bonchev–Trinajstić information content (AvgIpc) is 2.66. The van der Waals surface area contributed by atoms with Crippen LogP contribution in [0.25, 0.3) is 0 Å². The fraction of sp³-hybridized carbons (Fsp3) is 0.619. The normalized spacial score (nSPS) is 16.3. The third kappa shape index (κ3) is 5.94. The van der Waals surface area contributed by atoms with Crippen LogP contribution in [0.4, 0.5) is 4.39 Å². The fourth-order valence-electron chi connectivity index (χ4n) is 3.17. The van der Waals surface area contributed by atoms with Crippen molar-refractivity contribution in [2.45, 2.75) is 52.5 Å². The SMILES string of the molecule is COc1ccc(CCC(=O)N2CCC(C(=O)NC(C)C(C)C)CC2)cc1F. The van der Waals surface area contributed by atoms with Crippen molar-refractivity contribution in [3.63, 3.8) is 0 Å².